The SMILES string of the molecule is CC(=O)OCC(=O)NC(C=Nc1ccccc1)=CN. The minimum absolute atomic E-state index is 0.320. The predicted octanol–water partition coefficient (Wildman–Crippen LogP) is 0.868. The third kappa shape index (κ3) is 6.02. The number of amides is 1. The molecule has 1 aromatic rings. The number of carbonyl (C=O) groups excluding carboxylic acids is 2. The number of nitrogens with zero attached hydrogens (tertiary/aromatic N) is 1. The monoisotopic (exact) mass is 261 g/mol. The molecule has 0 saturated heterocycles. The summed E-state index contributed by atoms with van der Waals surface area (Å²) in [5, 5.41) is 2.46. The van der Waals surface area contributed by atoms with E-state index in [2.05, 4.69) is 15.0 Å². The molecule has 1 aromatic carbocycles. The summed E-state index contributed by atoms with van der Waals surface area (Å²) in [6, 6.07) is 9.19. The second-order valence-corrected chi connectivity index (χ2v) is 3.54. The molecule has 0 aliphatic heterocycles. The summed E-state index contributed by atoms with van der Waals surface area (Å²) in [7, 11) is 0. The molecule has 0 atom stereocenters. The lowest BCUT2D eigenvalue weighted by Crippen LogP contribution is -2.29. The summed E-state index contributed by atoms with van der Waals surface area (Å²) in [6.07, 6.45) is 2.62. The Balaban J connectivity index is 2.53. The van der Waals surface area contributed by atoms with Crippen molar-refractivity contribution in [1.82, 2.24) is 5.32 Å². The fourth-order valence-corrected chi connectivity index (χ4v) is 1.14. The zero-order valence-electron chi connectivity index (χ0n) is 10.5. The molecular weight excluding hydrogens is 246 g/mol. The average molecular weight is 261 g/mol. The van der Waals surface area contributed by atoms with Crippen LogP contribution in [0.15, 0.2) is 47.2 Å². The first-order chi connectivity index (χ1) is 9.11. The standard InChI is InChI=1S/C13H15N3O3/c1-10(17)19-9-13(18)16-12(7-14)8-15-11-5-3-2-4-6-11/h2-8H,9,14H2,1H3,(H,16,18). The summed E-state index contributed by atoms with van der Waals surface area (Å²) in [5.41, 5.74) is 6.42. The van der Waals surface area contributed by atoms with E-state index in [-0.39, 0.29) is 6.61 Å². The highest BCUT2D eigenvalue weighted by Gasteiger charge is 2.04. The van der Waals surface area contributed by atoms with E-state index >= 15 is 0 Å². The lowest BCUT2D eigenvalue weighted by Gasteiger charge is -2.04. The van der Waals surface area contributed by atoms with E-state index in [1.807, 2.05) is 30.3 Å². The fraction of sp³-hybridized carbons (Fsp3) is 0.154. The van der Waals surface area contributed by atoms with Gasteiger partial charge >= 0.3 is 5.97 Å². The maximum atomic E-state index is 11.4. The quantitative estimate of drug-likeness (QED) is 0.607. The van der Waals surface area contributed by atoms with Gasteiger partial charge in [0.25, 0.3) is 5.91 Å². The van der Waals surface area contributed by atoms with Gasteiger partial charge in [-0.2, -0.15) is 0 Å². The molecule has 0 radical (unpaired) electrons. The van der Waals surface area contributed by atoms with E-state index in [9.17, 15) is 9.59 Å². The van der Waals surface area contributed by atoms with Crippen LogP contribution in [-0.4, -0.2) is 24.7 Å². The number of nitrogens with two attached hydrogens (primary N) is 1. The summed E-state index contributed by atoms with van der Waals surface area (Å²) >= 11 is 0. The van der Waals surface area contributed by atoms with Crippen molar-refractivity contribution < 1.29 is 14.3 Å². The van der Waals surface area contributed by atoms with Crippen molar-refractivity contribution in [3.63, 3.8) is 0 Å². The normalized spacial score (nSPS) is 11.3. The van der Waals surface area contributed by atoms with Gasteiger partial charge in [-0.15, -0.1) is 0 Å². The molecule has 0 aliphatic rings. The van der Waals surface area contributed by atoms with Gasteiger partial charge in [-0.05, 0) is 12.1 Å². The number of hydrogen-bond acceptors (Lipinski definition) is 5. The Morgan fingerprint density at radius 2 is 2.05 bits per heavy atom. The van der Waals surface area contributed by atoms with Gasteiger partial charge in [0.2, 0.25) is 0 Å². The molecule has 0 bridgehead atoms. The van der Waals surface area contributed by atoms with Crippen LogP contribution in [0.5, 0.6) is 0 Å². The van der Waals surface area contributed by atoms with Crippen molar-refractivity contribution in [1.29, 1.82) is 0 Å². The molecular formula is C13H15N3O3. The molecule has 0 spiro atoms. The number of rotatable bonds is 5. The average Bonchev–Trinajstić information content (AvgIpc) is 2.42. The van der Waals surface area contributed by atoms with Crippen LogP contribution in [0, 0.1) is 0 Å². The molecule has 1 amide bonds. The second kappa shape index (κ2) is 7.65. The number of benzene rings is 1. The van der Waals surface area contributed by atoms with Crippen LogP contribution in [0.3, 0.4) is 0 Å². The van der Waals surface area contributed by atoms with Gasteiger partial charge in [0, 0.05) is 13.1 Å². The highest BCUT2D eigenvalue weighted by molar-refractivity contribution is 5.90. The number of hydrogen-bond donors (Lipinski definition) is 2. The van der Waals surface area contributed by atoms with Crippen molar-refractivity contribution >= 4 is 23.8 Å². The summed E-state index contributed by atoms with van der Waals surface area (Å²) < 4.78 is 4.55. The van der Waals surface area contributed by atoms with Gasteiger partial charge < -0.3 is 15.8 Å². The van der Waals surface area contributed by atoms with Crippen LogP contribution >= 0.6 is 0 Å². The van der Waals surface area contributed by atoms with Crippen LogP contribution in [-0.2, 0) is 14.3 Å². The van der Waals surface area contributed by atoms with Crippen molar-refractivity contribution in [2.24, 2.45) is 10.7 Å². The van der Waals surface area contributed by atoms with Gasteiger partial charge in [-0.3, -0.25) is 14.6 Å². The number of esters is 1. The topological polar surface area (TPSA) is 93.8 Å². The molecule has 0 fully saturated rings. The van der Waals surface area contributed by atoms with Crippen molar-refractivity contribution in [2.75, 3.05) is 6.61 Å². The van der Waals surface area contributed by atoms with Crippen LogP contribution in [0.25, 0.3) is 0 Å². The van der Waals surface area contributed by atoms with Gasteiger partial charge in [0.1, 0.15) is 0 Å². The maximum Gasteiger partial charge on any atom is 0.303 e. The molecule has 0 saturated carbocycles. The summed E-state index contributed by atoms with van der Waals surface area (Å²) in [6.45, 7) is 0.871. The first kappa shape index (κ1) is 14.4. The number of para-hydroxylation sites is 1. The molecule has 100 valence electrons. The van der Waals surface area contributed by atoms with Crippen LogP contribution in [0.1, 0.15) is 6.92 Å². The molecule has 0 heterocycles. The van der Waals surface area contributed by atoms with Crippen LogP contribution in [0.2, 0.25) is 0 Å². The van der Waals surface area contributed by atoms with Gasteiger partial charge in [-0.25, -0.2) is 0 Å². The number of nitrogens with one attached hydrogen (secondary N) is 1. The molecule has 0 unspecified atom stereocenters. The second-order valence-electron chi connectivity index (χ2n) is 3.54. The summed E-state index contributed by atoms with van der Waals surface area (Å²) in [5.74, 6) is -1.00. The van der Waals surface area contributed by atoms with E-state index in [4.69, 9.17) is 5.73 Å². The van der Waals surface area contributed by atoms with E-state index in [1.165, 1.54) is 19.3 Å². The Morgan fingerprint density at radius 3 is 2.63 bits per heavy atom. The molecule has 6 nitrogen and oxygen atoms in total. The van der Waals surface area contributed by atoms with Crippen LogP contribution in [0.4, 0.5) is 5.69 Å². The van der Waals surface area contributed by atoms with E-state index < -0.39 is 11.9 Å². The Labute approximate surface area is 111 Å². The Kier molecular flexibility index (Phi) is 5.81. The minimum Gasteiger partial charge on any atom is -0.456 e. The Morgan fingerprint density at radius 1 is 1.37 bits per heavy atom. The number of carbonyl (C=O) groups is 2. The largest absolute Gasteiger partial charge is 0.456 e. The summed E-state index contributed by atoms with van der Waals surface area (Å²) in [4.78, 5) is 26.1. The van der Waals surface area contributed by atoms with Crippen molar-refractivity contribution in [3.8, 4) is 0 Å². The Bertz CT molecular complexity index is 495. The molecule has 19 heavy (non-hydrogen) atoms. The molecule has 0 aromatic heterocycles. The molecule has 6 heteroatoms. The third-order valence-electron chi connectivity index (χ3n) is 1.98. The Hall–Kier alpha value is -2.63. The van der Waals surface area contributed by atoms with Gasteiger partial charge in [0.15, 0.2) is 6.61 Å². The number of ether oxygens (including phenoxy) is 1. The number of aliphatic imine (C=N–C) groups is 1. The zero-order chi connectivity index (χ0) is 14.1. The predicted molar refractivity (Wildman–Crippen MR) is 71.6 cm³/mol. The maximum absolute atomic E-state index is 11.4. The minimum atomic E-state index is -0.522. The van der Waals surface area contributed by atoms with E-state index in [0.717, 1.165) is 5.69 Å². The molecule has 3 N–H and O–H groups in total. The van der Waals surface area contributed by atoms with Crippen molar-refractivity contribution in [3.05, 3.63) is 42.2 Å². The van der Waals surface area contributed by atoms with E-state index in [0.29, 0.717) is 5.70 Å². The van der Waals surface area contributed by atoms with Crippen LogP contribution < -0.4 is 11.1 Å². The highest BCUT2D eigenvalue weighted by Crippen LogP contribution is 2.08. The molecule has 1 rings (SSSR count). The highest BCUT2D eigenvalue weighted by atomic mass is 16.5. The third-order valence-corrected chi connectivity index (χ3v) is 1.98. The molecule has 0 aliphatic carbocycles. The zero-order valence-corrected chi connectivity index (χ0v) is 10.5. The van der Waals surface area contributed by atoms with E-state index in [1.54, 1.807) is 0 Å². The van der Waals surface area contributed by atoms with Crippen molar-refractivity contribution in [2.45, 2.75) is 6.92 Å². The lowest BCUT2D eigenvalue weighted by atomic mass is 10.3. The smallest absolute Gasteiger partial charge is 0.303 e. The lowest BCUT2D eigenvalue weighted by molar-refractivity contribution is -0.146. The first-order valence-electron chi connectivity index (χ1n) is 5.56. The van der Waals surface area contributed by atoms with Gasteiger partial charge in [0.05, 0.1) is 17.6 Å². The fourth-order valence-electron chi connectivity index (χ4n) is 1.14. The number of allylic oxidation sites excluding steroid dienone is 1. The van der Waals surface area contributed by atoms with Gasteiger partial charge in [-0.1, -0.05) is 18.2 Å². The first-order valence-corrected chi connectivity index (χ1v) is 5.56.